The van der Waals surface area contributed by atoms with E-state index in [1.165, 1.54) is 7.11 Å². The first-order valence-electron chi connectivity index (χ1n) is 5.61. The van der Waals surface area contributed by atoms with Gasteiger partial charge in [0, 0.05) is 7.11 Å². The molecule has 0 aliphatic heterocycles. The largest absolute Gasteiger partial charge is 0.378 e. The maximum absolute atomic E-state index is 12.1. The van der Waals surface area contributed by atoms with Crippen molar-refractivity contribution in [3.63, 3.8) is 0 Å². The summed E-state index contributed by atoms with van der Waals surface area (Å²) < 4.78 is 31.8. The molecule has 0 aliphatic rings. The van der Waals surface area contributed by atoms with Gasteiger partial charge >= 0.3 is 0 Å². The minimum absolute atomic E-state index is 0.243. The van der Waals surface area contributed by atoms with Gasteiger partial charge in [-0.3, -0.25) is 4.72 Å². The van der Waals surface area contributed by atoms with E-state index in [1.807, 2.05) is 20.8 Å². The third-order valence-corrected chi connectivity index (χ3v) is 3.89. The van der Waals surface area contributed by atoms with Crippen molar-refractivity contribution < 1.29 is 13.2 Å². The first kappa shape index (κ1) is 14.7. The van der Waals surface area contributed by atoms with Crippen molar-refractivity contribution in [3.8, 4) is 0 Å². The van der Waals surface area contributed by atoms with E-state index in [2.05, 4.69) is 4.72 Å². The standard InChI is InChI=1S/C13H19NO3S/c1-10(2)13(9-17-4)14-18(15,16)12-7-5-11(3)6-8-12/h5-8,14H,9H2,1-4H3. The number of hydrogen-bond acceptors (Lipinski definition) is 3. The fourth-order valence-corrected chi connectivity index (χ4v) is 2.56. The van der Waals surface area contributed by atoms with E-state index in [0.717, 1.165) is 11.1 Å². The molecule has 1 N–H and O–H groups in total. The SMILES string of the molecule is COCC(NS(=O)(=O)c1ccc(C)cc1)=C(C)C. The number of benzene rings is 1. The highest BCUT2D eigenvalue weighted by Gasteiger charge is 2.15. The van der Waals surface area contributed by atoms with E-state index in [9.17, 15) is 8.42 Å². The summed E-state index contributed by atoms with van der Waals surface area (Å²) in [6.45, 7) is 5.84. The Labute approximate surface area is 109 Å². The fourth-order valence-electron chi connectivity index (χ4n) is 1.36. The van der Waals surface area contributed by atoms with E-state index in [-0.39, 0.29) is 11.5 Å². The first-order valence-corrected chi connectivity index (χ1v) is 7.10. The van der Waals surface area contributed by atoms with Gasteiger partial charge in [0.15, 0.2) is 0 Å². The normalized spacial score (nSPS) is 11.1. The van der Waals surface area contributed by atoms with Crippen LogP contribution in [0.3, 0.4) is 0 Å². The molecule has 0 saturated heterocycles. The Morgan fingerprint density at radius 1 is 1.22 bits per heavy atom. The third-order valence-electron chi connectivity index (χ3n) is 2.48. The van der Waals surface area contributed by atoms with E-state index >= 15 is 0 Å². The smallest absolute Gasteiger partial charge is 0.261 e. The summed E-state index contributed by atoms with van der Waals surface area (Å²) in [4.78, 5) is 0.253. The zero-order chi connectivity index (χ0) is 13.8. The summed E-state index contributed by atoms with van der Waals surface area (Å²) in [6, 6.07) is 6.72. The quantitative estimate of drug-likeness (QED) is 0.891. The van der Waals surface area contributed by atoms with Crippen molar-refractivity contribution in [2.45, 2.75) is 25.7 Å². The predicted molar refractivity (Wildman–Crippen MR) is 71.8 cm³/mol. The number of nitrogens with one attached hydrogen (secondary N) is 1. The zero-order valence-corrected chi connectivity index (χ0v) is 12.0. The van der Waals surface area contributed by atoms with Gasteiger partial charge in [0.05, 0.1) is 17.2 Å². The molecule has 0 spiro atoms. The molecule has 100 valence electrons. The van der Waals surface area contributed by atoms with Crippen molar-refractivity contribution in [1.82, 2.24) is 4.72 Å². The first-order chi connectivity index (χ1) is 8.36. The molecule has 0 atom stereocenters. The van der Waals surface area contributed by atoms with Gasteiger partial charge in [-0.2, -0.15) is 0 Å². The van der Waals surface area contributed by atoms with Crippen LogP contribution in [0.4, 0.5) is 0 Å². The Hall–Kier alpha value is -1.33. The molecule has 5 heteroatoms. The monoisotopic (exact) mass is 269 g/mol. The summed E-state index contributed by atoms with van der Waals surface area (Å²) in [7, 11) is -2.00. The number of sulfonamides is 1. The summed E-state index contributed by atoms with van der Waals surface area (Å²) in [5, 5.41) is 0. The lowest BCUT2D eigenvalue weighted by atomic mass is 10.2. The van der Waals surface area contributed by atoms with Crippen LogP contribution in [0.5, 0.6) is 0 Å². The van der Waals surface area contributed by atoms with Gasteiger partial charge in [0.25, 0.3) is 10.0 Å². The Kier molecular flexibility index (Phi) is 4.93. The molecule has 0 amide bonds. The molecule has 0 aliphatic carbocycles. The second-order valence-electron chi connectivity index (χ2n) is 4.33. The van der Waals surface area contributed by atoms with E-state index in [4.69, 9.17) is 4.74 Å². The molecule has 0 saturated carbocycles. The van der Waals surface area contributed by atoms with Crippen molar-refractivity contribution in [2.24, 2.45) is 0 Å². The number of ether oxygens (including phenoxy) is 1. The van der Waals surface area contributed by atoms with Gasteiger partial charge < -0.3 is 4.74 Å². The molecular formula is C13H19NO3S. The molecule has 0 unspecified atom stereocenters. The van der Waals surface area contributed by atoms with Gasteiger partial charge in [-0.15, -0.1) is 0 Å². The second-order valence-corrected chi connectivity index (χ2v) is 6.01. The molecule has 0 heterocycles. The van der Waals surface area contributed by atoms with Crippen LogP contribution in [0.25, 0.3) is 0 Å². The number of rotatable bonds is 5. The number of methoxy groups -OCH3 is 1. The molecule has 0 aromatic heterocycles. The summed E-state index contributed by atoms with van der Waals surface area (Å²) in [6.07, 6.45) is 0. The minimum atomic E-state index is -3.53. The van der Waals surface area contributed by atoms with Crippen molar-refractivity contribution in [2.75, 3.05) is 13.7 Å². The Balaban J connectivity index is 3.01. The Morgan fingerprint density at radius 3 is 2.22 bits per heavy atom. The number of hydrogen-bond donors (Lipinski definition) is 1. The van der Waals surface area contributed by atoms with Crippen LogP contribution < -0.4 is 4.72 Å². The van der Waals surface area contributed by atoms with Crippen molar-refractivity contribution >= 4 is 10.0 Å². The lowest BCUT2D eigenvalue weighted by molar-refractivity contribution is 0.222. The van der Waals surface area contributed by atoms with E-state index < -0.39 is 10.0 Å². The second kappa shape index (κ2) is 6.02. The number of allylic oxidation sites excluding steroid dienone is 1. The molecule has 0 bridgehead atoms. The molecule has 0 radical (unpaired) electrons. The van der Waals surface area contributed by atoms with Crippen LogP contribution in [0, 0.1) is 6.92 Å². The summed E-state index contributed by atoms with van der Waals surface area (Å²) in [5.41, 5.74) is 2.47. The fraction of sp³-hybridized carbons (Fsp3) is 0.385. The van der Waals surface area contributed by atoms with Gasteiger partial charge in [-0.25, -0.2) is 8.42 Å². The number of aryl methyl sites for hydroxylation is 1. The molecule has 1 aromatic carbocycles. The maximum Gasteiger partial charge on any atom is 0.261 e. The van der Waals surface area contributed by atoms with Gasteiger partial charge in [0.1, 0.15) is 0 Å². The maximum atomic E-state index is 12.1. The third kappa shape index (κ3) is 3.85. The lowest BCUT2D eigenvalue weighted by Gasteiger charge is -2.13. The van der Waals surface area contributed by atoms with Gasteiger partial charge in [0.2, 0.25) is 0 Å². The zero-order valence-electron chi connectivity index (χ0n) is 11.1. The summed E-state index contributed by atoms with van der Waals surface area (Å²) in [5.74, 6) is 0. The topological polar surface area (TPSA) is 55.4 Å². The van der Waals surface area contributed by atoms with Gasteiger partial charge in [-0.05, 0) is 32.9 Å². The Morgan fingerprint density at radius 2 is 1.78 bits per heavy atom. The van der Waals surface area contributed by atoms with Crippen LogP contribution in [0.15, 0.2) is 40.4 Å². The molecule has 4 nitrogen and oxygen atoms in total. The van der Waals surface area contributed by atoms with Crippen LogP contribution >= 0.6 is 0 Å². The highest BCUT2D eigenvalue weighted by Crippen LogP contribution is 2.12. The molecule has 0 fully saturated rings. The molecule has 1 aromatic rings. The molecule has 18 heavy (non-hydrogen) atoms. The average Bonchev–Trinajstić information content (AvgIpc) is 2.28. The average molecular weight is 269 g/mol. The van der Waals surface area contributed by atoms with E-state index in [0.29, 0.717) is 5.70 Å². The van der Waals surface area contributed by atoms with Crippen LogP contribution in [-0.4, -0.2) is 22.1 Å². The van der Waals surface area contributed by atoms with Crippen molar-refractivity contribution in [1.29, 1.82) is 0 Å². The summed E-state index contributed by atoms with van der Waals surface area (Å²) >= 11 is 0. The highest BCUT2D eigenvalue weighted by molar-refractivity contribution is 7.89. The Bertz CT molecular complexity index is 526. The van der Waals surface area contributed by atoms with E-state index in [1.54, 1.807) is 24.3 Å². The van der Waals surface area contributed by atoms with Crippen LogP contribution in [-0.2, 0) is 14.8 Å². The molecular weight excluding hydrogens is 250 g/mol. The highest BCUT2D eigenvalue weighted by atomic mass is 32.2. The minimum Gasteiger partial charge on any atom is -0.378 e. The van der Waals surface area contributed by atoms with Crippen LogP contribution in [0.1, 0.15) is 19.4 Å². The predicted octanol–water partition coefficient (Wildman–Crippen LogP) is 2.21. The molecule has 1 rings (SSSR count). The van der Waals surface area contributed by atoms with Gasteiger partial charge in [-0.1, -0.05) is 23.3 Å². The van der Waals surface area contributed by atoms with Crippen molar-refractivity contribution in [3.05, 3.63) is 41.1 Å². The van der Waals surface area contributed by atoms with Crippen LogP contribution in [0.2, 0.25) is 0 Å². The lowest BCUT2D eigenvalue weighted by Crippen LogP contribution is -2.26.